The van der Waals surface area contributed by atoms with Gasteiger partial charge >= 0.3 is 0 Å². The Hall–Kier alpha value is -2.72. The van der Waals surface area contributed by atoms with E-state index in [1.54, 1.807) is 44.2 Å². The summed E-state index contributed by atoms with van der Waals surface area (Å²) in [5.41, 5.74) is -0.724. The second-order valence-corrected chi connectivity index (χ2v) is 7.01. The van der Waals surface area contributed by atoms with Crippen LogP contribution in [0.4, 0.5) is 0 Å². The number of carbonyl (C=O) groups excluding carboxylic acids is 2. The van der Waals surface area contributed by atoms with Gasteiger partial charge < -0.3 is 4.74 Å². The molecule has 134 valence electrons. The maximum atomic E-state index is 13.4. The number of imide groups is 1. The lowest BCUT2D eigenvalue weighted by Crippen LogP contribution is -2.47. The largest absolute Gasteiger partial charge is 0.339 e. The van der Waals surface area contributed by atoms with Gasteiger partial charge in [0.15, 0.2) is 5.60 Å². The van der Waals surface area contributed by atoms with Gasteiger partial charge in [0, 0.05) is 18.4 Å². The van der Waals surface area contributed by atoms with Gasteiger partial charge in [0.05, 0.1) is 0 Å². The van der Waals surface area contributed by atoms with Gasteiger partial charge in [0.2, 0.25) is 0 Å². The molecule has 1 aliphatic heterocycles. The quantitative estimate of drug-likeness (QED) is 0.606. The average Bonchev–Trinajstić information content (AvgIpc) is 2.81. The van der Waals surface area contributed by atoms with Crippen LogP contribution in [-0.2, 0) is 16.0 Å². The van der Waals surface area contributed by atoms with E-state index < -0.39 is 11.3 Å². The molecule has 4 heteroatoms. The molecule has 1 heterocycles. The summed E-state index contributed by atoms with van der Waals surface area (Å²) in [6.45, 7) is 7.29. The molecule has 0 N–H and O–H groups in total. The van der Waals surface area contributed by atoms with Crippen LogP contribution < -0.4 is 0 Å². The third kappa shape index (κ3) is 3.20. The first-order valence-corrected chi connectivity index (χ1v) is 8.69. The molecule has 4 nitrogen and oxygen atoms in total. The van der Waals surface area contributed by atoms with Crippen molar-refractivity contribution in [2.24, 2.45) is 0 Å². The van der Waals surface area contributed by atoms with Crippen molar-refractivity contribution in [3.63, 3.8) is 0 Å². The van der Waals surface area contributed by atoms with E-state index in [9.17, 15) is 9.59 Å². The molecular weight excluding hydrogens is 326 g/mol. The predicted octanol–water partition coefficient (Wildman–Crippen LogP) is 3.98. The van der Waals surface area contributed by atoms with E-state index in [0.717, 1.165) is 5.56 Å². The third-order valence-corrected chi connectivity index (χ3v) is 4.61. The molecule has 2 aromatic rings. The van der Waals surface area contributed by atoms with Crippen LogP contribution in [0.2, 0.25) is 0 Å². The zero-order valence-corrected chi connectivity index (χ0v) is 15.1. The Labute approximate surface area is 154 Å². The molecule has 1 atom stereocenters. The van der Waals surface area contributed by atoms with Crippen molar-refractivity contribution in [3.05, 3.63) is 84.4 Å². The van der Waals surface area contributed by atoms with Gasteiger partial charge in [-0.05, 0) is 31.5 Å². The second kappa shape index (κ2) is 6.89. The van der Waals surface area contributed by atoms with Gasteiger partial charge in [-0.15, -0.1) is 6.58 Å². The number of ether oxygens (including phenoxy) is 1. The number of nitrogens with zero attached hydrogens (tertiary/aromatic N) is 1. The summed E-state index contributed by atoms with van der Waals surface area (Å²) in [6.07, 6.45) is 2.40. The molecule has 2 aromatic carbocycles. The average molecular weight is 349 g/mol. The van der Waals surface area contributed by atoms with E-state index in [-0.39, 0.29) is 11.8 Å². The first-order chi connectivity index (χ1) is 12.4. The van der Waals surface area contributed by atoms with E-state index in [4.69, 9.17) is 4.74 Å². The fourth-order valence-electron chi connectivity index (χ4n) is 3.53. The van der Waals surface area contributed by atoms with E-state index in [1.807, 2.05) is 36.4 Å². The summed E-state index contributed by atoms with van der Waals surface area (Å²) in [7, 11) is 0. The number of hydrogen-bond donors (Lipinski definition) is 0. The summed E-state index contributed by atoms with van der Waals surface area (Å²) in [5.74, 6) is -0.667. The Balaban J connectivity index is 1.99. The molecule has 0 spiro atoms. The Morgan fingerprint density at radius 3 is 2.23 bits per heavy atom. The van der Waals surface area contributed by atoms with Crippen molar-refractivity contribution >= 4 is 11.8 Å². The Bertz CT molecular complexity index is 814. The fraction of sp³-hybridized carbons (Fsp3) is 0.273. The van der Waals surface area contributed by atoms with Gasteiger partial charge in [-0.2, -0.15) is 0 Å². The maximum Gasteiger partial charge on any atom is 0.264 e. The molecule has 1 aliphatic rings. The van der Waals surface area contributed by atoms with Gasteiger partial charge in [-0.1, -0.05) is 54.6 Å². The smallest absolute Gasteiger partial charge is 0.264 e. The normalized spacial score (nSPS) is 21.6. The third-order valence-electron chi connectivity index (χ3n) is 4.61. The molecule has 0 aliphatic carbocycles. The molecule has 3 rings (SSSR count). The lowest BCUT2D eigenvalue weighted by atomic mass is 9.90. The van der Waals surface area contributed by atoms with E-state index in [2.05, 4.69) is 6.58 Å². The minimum atomic E-state index is -1.13. The molecule has 0 unspecified atom stereocenters. The molecule has 1 saturated heterocycles. The maximum absolute atomic E-state index is 13.4. The molecular formula is C22H23NO3. The number of rotatable bonds is 5. The zero-order valence-electron chi connectivity index (χ0n) is 15.1. The Kier molecular flexibility index (Phi) is 4.79. The van der Waals surface area contributed by atoms with Crippen molar-refractivity contribution in [1.29, 1.82) is 0 Å². The molecule has 0 aromatic heterocycles. The predicted molar refractivity (Wildman–Crippen MR) is 100 cm³/mol. The van der Waals surface area contributed by atoms with Crippen LogP contribution in [0.15, 0.2) is 73.3 Å². The number of benzene rings is 2. The fourth-order valence-corrected chi connectivity index (χ4v) is 3.53. The molecule has 1 fully saturated rings. The highest BCUT2D eigenvalue weighted by molar-refractivity contribution is 6.08. The standard InChI is InChI=1S/C22H23NO3/c1-4-15-22(16-17-11-7-5-8-12-17)20(25)23(21(2,3)26-22)19(24)18-13-9-6-10-14-18/h4-14H,1,15-16H2,2-3H3/t22-/m1/s1. The van der Waals surface area contributed by atoms with Crippen molar-refractivity contribution in [3.8, 4) is 0 Å². The Morgan fingerprint density at radius 1 is 1.08 bits per heavy atom. The van der Waals surface area contributed by atoms with Gasteiger partial charge in [-0.3, -0.25) is 9.59 Å². The van der Waals surface area contributed by atoms with Crippen LogP contribution in [0.1, 0.15) is 36.2 Å². The first-order valence-electron chi connectivity index (χ1n) is 8.69. The van der Waals surface area contributed by atoms with Crippen LogP contribution in [0.5, 0.6) is 0 Å². The van der Waals surface area contributed by atoms with Crippen molar-refractivity contribution < 1.29 is 14.3 Å². The van der Waals surface area contributed by atoms with Crippen molar-refractivity contribution in [2.45, 2.75) is 38.0 Å². The Morgan fingerprint density at radius 2 is 1.65 bits per heavy atom. The minimum absolute atomic E-state index is 0.319. The van der Waals surface area contributed by atoms with Gasteiger partial charge in [0.25, 0.3) is 11.8 Å². The topological polar surface area (TPSA) is 46.6 Å². The number of carbonyl (C=O) groups is 2. The van der Waals surface area contributed by atoms with Gasteiger partial charge in [0.1, 0.15) is 5.72 Å². The lowest BCUT2D eigenvalue weighted by Gasteiger charge is -2.29. The van der Waals surface area contributed by atoms with Crippen LogP contribution in [0.25, 0.3) is 0 Å². The monoisotopic (exact) mass is 349 g/mol. The number of hydrogen-bond acceptors (Lipinski definition) is 3. The highest BCUT2D eigenvalue weighted by Crippen LogP contribution is 2.40. The highest BCUT2D eigenvalue weighted by Gasteiger charge is 2.58. The molecule has 2 amide bonds. The van der Waals surface area contributed by atoms with Gasteiger partial charge in [-0.25, -0.2) is 4.90 Å². The first kappa shape index (κ1) is 18.1. The van der Waals surface area contributed by atoms with E-state index in [0.29, 0.717) is 18.4 Å². The SMILES string of the molecule is C=CC[C@]1(Cc2ccccc2)OC(C)(C)N(C(=O)c2ccccc2)C1=O. The lowest BCUT2D eigenvalue weighted by molar-refractivity contribution is -0.137. The molecule has 0 radical (unpaired) electrons. The summed E-state index contributed by atoms with van der Waals surface area (Å²) >= 11 is 0. The second-order valence-electron chi connectivity index (χ2n) is 7.01. The summed E-state index contributed by atoms with van der Waals surface area (Å²) < 4.78 is 6.23. The van der Waals surface area contributed by atoms with Crippen molar-refractivity contribution in [1.82, 2.24) is 4.90 Å². The molecule has 26 heavy (non-hydrogen) atoms. The summed E-state index contributed by atoms with van der Waals surface area (Å²) in [5, 5.41) is 0. The number of amides is 2. The van der Waals surface area contributed by atoms with Crippen LogP contribution in [0.3, 0.4) is 0 Å². The molecule has 0 saturated carbocycles. The van der Waals surface area contributed by atoms with E-state index in [1.165, 1.54) is 4.90 Å². The molecule has 0 bridgehead atoms. The van der Waals surface area contributed by atoms with Crippen LogP contribution in [0, 0.1) is 0 Å². The summed E-state index contributed by atoms with van der Waals surface area (Å²) in [4.78, 5) is 27.6. The van der Waals surface area contributed by atoms with E-state index >= 15 is 0 Å². The summed E-state index contributed by atoms with van der Waals surface area (Å²) in [6, 6.07) is 18.5. The van der Waals surface area contributed by atoms with Crippen LogP contribution >= 0.6 is 0 Å². The highest BCUT2D eigenvalue weighted by atomic mass is 16.6. The van der Waals surface area contributed by atoms with Crippen LogP contribution in [-0.4, -0.2) is 28.0 Å². The van der Waals surface area contributed by atoms with Crippen molar-refractivity contribution in [2.75, 3.05) is 0 Å². The minimum Gasteiger partial charge on any atom is -0.339 e. The zero-order chi connectivity index (χ0) is 18.8.